The zero-order valence-corrected chi connectivity index (χ0v) is 12.9. The number of ketones is 1. The molecule has 2 unspecified atom stereocenters. The van der Waals surface area contributed by atoms with Crippen molar-refractivity contribution in [1.29, 1.82) is 0 Å². The summed E-state index contributed by atoms with van der Waals surface area (Å²) in [5.74, 6) is 1.88. The van der Waals surface area contributed by atoms with Crippen molar-refractivity contribution >= 4 is 5.78 Å². The highest BCUT2D eigenvalue weighted by Crippen LogP contribution is 2.49. The number of hydrogen-bond donors (Lipinski definition) is 0. The topological polar surface area (TPSA) is 43.1 Å². The molecule has 1 aliphatic rings. The van der Waals surface area contributed by atoms with Crippen LogP contribution in [0.2, 0.25) is 0 Å². The van der Waals surface area contributed by atoms with Gasteiger partial charge in [-0.2, -0.15) is 0 Å². The van der Waals surface area contributed by atoms with Crippen LogP contribution in [0.5, 0.6) is 0 Å². The molecule has 0 N–H and O–H groups in total. The first-order valence-electron chi connectivity index (χ1n) is 7.86. The number of carbonyl (C=O) groups is 1. The number of rotatable bonds is 4. The van der Waals surface area contributed by atoms with E-state index in [1.165, 1.54) is 0 Å². The van der Waals surface area contributed by atoms with E-state index in [-0.39, 0.29) is 17.6 Å². The Morgan fingerprint density at radius 2 is 1.61 bits per heavy atom. The van der Waals surface area contributed by atoms with Crippen molar-refractivity contribution in [2.24, 2.45) is 5.92 Å². The van der Waals surface area contributed by atoms with Gasteiger partial charge in [-0.1, -0.05) is 60.7 Å². The lowest BCUT2D eigenvalue weighted by molar-refractivity contribution is -0.118. The van der Waals surface area contributed by atoms with Crippen LogP contribution in [0, 0.1) is 5.92 Å². The molecule has 0 spiro atoms. The molecule has 0 radical (unpaired) electrons. The van der Waals surface area contributed by atoms with Crippen molar-refractivity contribution in [3.63, 3.8) is 0 Å². The van der Waals surface area contributed by atoms with Gasteiger partial charge in [-0.25, -0.2) is 4.98 Å². The second kappa shape index (κ2) is 5.51. The minimum atomic E-state index is 0.0703. The van der Waals surface area contributed by atoms with Gasteiger partial charge in [0.2, 0.25) is 0 Å². The molecule has 0 bridgehead atoms. The Kier molecular flexibility index (Phi) is 3.34. The number of aromatic nitrogens is 1. The fraction of sp³-hybridized carbons (Fsp3) is 0.200. The van der Waals surface area contributed by atoms with E-state index in [0.29, 0.717) is 5.89 Å². The van der Waals surface area contributed by atoms with Crippen LogP contribution in [0.1, 0.15) is 25.2 Å². The molecule has 1 fully saturated rings. The van der Waals surface area contributed by atoms with Crippen LogP contribution < -0.4 is 0 Å². The monoisotopic (exact) mass is 303 g/mol. The number of carbonyl (C=O) groups excluding carboxylic acids is 1. The van der Waals surface area contributed by atoms with Crippen molar-refractivity contribution in [3.8, 4) is 22.6 Å². The van der Waals surface area contributed by atoms with Crippen LogP contribution >= 0.6 is 0 Å². The fourth-order valence-corrected chi connectivity index (χ4v) is 2.99. The first kappa shape index (κ1) is 13.9. The molecule has 2 atom stereocenters. The van der Waals surface area contributed by atoms with Gasteiger partial charge in [0.05, 0.1) is 0 Å². The first-order valence-corrected chi connectivity index (χ1v) is 7.86. The summed E-state index contributed by atoms with van der Waals surface area (Å²) in [6.45, 7) is 1.64. The van der Waals surface area contributed by atoms with Gasteiger partial charge < -0.3 is 4.42 Å². The molecular weight excluding hydrogens is 286 g/mol. The summed E-state index contributed by atoms with van der Waals surface area (Å²) >= 11 is 0. The van der Waals surface area contributed by atoms with E-state index in [2.05, 4.69) is 0 Å². The fourth-order valence-electron chi connectivity index (χ4n) is 2.99. The number of oxazole rings is 1. The second-order valence-corrected chi connectivity index (χ2v) is 6.02. The zero-order chi connectivity index (χ0) is 15.8. The van der Waals surface area contributed by atoms with Gasteiger partial charge in [-0.05, 0) is 13.3 Å². The van der Waals surface area contributed by atoms with Gasteiger partial charge >= 0.3 is 0 Å². The van der Waals surface area contributed by atoms with Gasteiger partial charge in [0.1, 0.15) is 11.5 Å². The van der Waals surface area contributed by atoms with Crippen molar-refractivity contribution in [1.82, 2.24) is 4.98 Å². The van der Waals surface area contributed by atoms with Crippen molar-refractivity contribution < 1.29 is 9.21 Å². The Balaban J connectivity index is 1.81. The van der Waals surface area contributed by atoms with Crippen molar-refractivity contribution in [2.45, 2.75) is 19.3 Å². The Labute approximate surface area is 135 Å². The Bertz CT molecular complexity index is 780. The number of benzene rings is 2. The molecule has 0 saturated heterocycles. The molecule has 0 amide bonds. The summed E-state index contributed by atoms with van der Waals surface area (Å²) in [6.07, 6.45) is 0.846. The molecule has 1 heterocycles. The highest BCUT2D eigenvalue weighted by atomic mass is 16.4. The van der Waals surface area contributed by atoms with E-state index in [9.17, 15) is 4.79 Å². The van der Waals surface area contributed by atoms with Crippen molar-refractivity contribution in [3.05, 3.63) is 66.6 Å². The molecule has 1 saturated carbocycles. The molecule has 0 aliphatic heterocycles. The van der Waals surface area contributed by atoms with E-state index in [1.54, 1.807) is 6.92 Å². The highest BCUT2D eigenvalue weighted by molar-refractivity contribution is 5.82. The number of hydrogen-bond acceptors (Lipinski definition) is 3. The maximum absolute atomic E-state index is 11.6. The third-order valence-corrected chi connectivity index (χ3v) is 4.36. The molecular formula is C20H17NO2. The summed E-state index contributed by atoms with van der Waals surface area (Å²) in [5.41, 5.74) is 2.88. The quantitative estimate of drug-likeness (QED) is 0.701. The average Bonchev–Trinajstić information content (AvgIpc) is 3.28. The minimum Gasteiger partial charge on any atom is -0.440 e. The molecule has 3 aromatic rings. The van der Waals surface area contributed by atoms with Crippen LogP contribution in [-0.4, -0.2) is 10.8 Å². The molecule has 3 heteroatoms. The Morgan fingerprint density at radius 3 is 2.17 bits per heavy atom. The Morgan fingerprint density at radius 1 is 1.00 bits per heavy atom. The van der Waals surface area contributed by atoms with Crippen LogP contribution in [0.15, 0.2) is 65.1 Å². The molecule has 23 heavy (non-hydrogen) atoms. The van der Waals surface area contributed by atoms with Gasteiger partial charge in [0, 0.05) is 23.0 Å². The van der Waals surface area contributed by atoms with E-state index < -0.39 is 0 Å². The number of nitrogens with zero attached hydrogens (tertiary/aromatic N) is 1. The minimum absolute atomic E-state index is 0.0703. The van der Waals surface area contributed by atoms with Crippen LogP contribution in [0.3, 0.4) is 0 Å². The lowest BCUT2D eigenvalue weighted by atomic mass is 10.1. The average molecular weight is 303 g/mol. The maximum atomic E-state index is 11.6. The van der Waals surface area contributed by atoms with Gasteiger partial charge in [-0.3, -0.25) is 4.79 Å². The molecule has 1 aliphatic carbocycles. The van der Waals surface area contributed by atoms with Gasteiger partial charge in [0.15, 0.2) is 11.7 Å². The third kappa shape index (κ3) is 2.59. The van der Waals surface area contributed by atoms with E-state index in [4.69, 9.17) is 9.40 Å². The summed E-state index contributed by atoms with van der Waals surface area (Å²) in [4.78, 5) is 16.3. The standard InChI is InChI=1S/C20H17NO2/c1-13(22)16-12-17(16)20-21-18(14-8-4-2-5-9-14)19(23-20)15-10-6-3-7-11-15/h2-11,16-17H,12H2,1H3. The predicted molar refractivity (Wildman–Crippen MR) is 88.9 cm³/mol. The molecule has 1 aromatic heterocycles. The van der Waals surface area contributed by atoms with E-state index in [1.807, 2.05) is 60.7 Å². The summed E-state index contributed by atoms with van der Waals surface area (Å²) in [5, 5.41) is 0. The lowest BCUT2D eigenvalue weighted by Crippen LogP contribution is -1.94. The molecule has 114 valence electrons. The molecule has 2 aromatic carbocycles. The second-order valence-electron chi connectivity index (χ2n) is 6.02. The van der Waals surface area contributed by atoms with E-state index in [0.717, 1.165) is 29.0 Å². The van der Waals surface area contributed by atoms with Gasteiger partial charge in [0.25, 0.3) is 0 Å². The SMILES string of the molecule is CC(=O)C1CC1c1nc(-c2ccccc2)c(-c2ccccc2)o1. The summed E-state index contributed by atoms with van der Waals surface area (Å²) in [6, 6.07) is 20.0. The Hall–Kier alpha value is -2.68. The summed E-state index contributed by atoms with van der Waals surface area (Å²) < 4.78 is 6.10. The lowest BCUT2D eigenvalue weighted by Gasteiger charge is -2.00. The first-order chi connectivity index (χ1) is 11.2. The molecule has 4 rings (SSSR count). The predicted octanol–water partition coefficient (Wildman–Crippen LogP) is 4.70. The summed E-state index contributed by atoms with van der Waals surface area (Å²) in [7, 11) is 0. The van der Waals surface area contributed by atoms with Crippen LogP contribution in [0.4, 0.5) is 0 Å². The van der Waals surface area contributed by atoms with Crippen LogP contribution in [0.25, 0.3) is 22.6 Å². The number of Topliss-reactive ketones (excluding diaryl/α,β-unsaturated/α-hetero) is 1. The largest absolute Gasteiger partial charge is 0.440 e. The van der Waals surface area contributed by atoms with Crippen molar-refractivity contribution in [2.75, 3.05) is 0 Å². The normalized spacial score (nSPS) is 19.5. The van der Waals surface area contributed by atoms with E-state index >= 15 is 0 Å². The zero-order valence-electron chi connectivity index (χ0n) is 12.9. The maximum Gasteiger partial charge on any atom is 0.199 e. The third-order valence-electron chi connectivity index (χ3n) is 4.36. The van der Waals surface area contributed by atoms with Crippen LogP contribution in [-0.2, 0) is 4.79 Å². The highest BCUT2D eigenvalue weighted by Gasteiger charge is 2.45. The smallest absolute Gasteiger partial charge is 0.199 e. The van der Waals surface area contributed by atoms with Gasteiger partial charge in [-0.15, -0.1) is 0 Å². The molecule has 3 nitrogen and oxygen atoms in total.